The summed E-state index contributed by atoms with van der Waals surface area (Å²) in [5, 5.41) is 11.5. The lowest BCUT2D eigenvalue weighted by molar-refractivity contribution is -0.117. The first kappa shape index (κ1) is 19.3. The molecule has 1 fully saturated rings. The molecule has 11 heteroatoms. The molecule has 0 saturated carbocycles. The number of amides is 1. The van der Waals surface area contributed by atoms with Gasteiger partial charge in [-0.1, -0.05) is 6.08 Å². The first-order chi connectivity index (χ1) is 14.4. The van der Waals surface area contributed by atoms with Crippen molar-refractivity contribution in [2.45, 2.75) is 18.4 Å². The van der Waals surface area contributed by atoms with Crippen molar-refractivity contribution in [3.8, 4) is 11.1 Å². The van der Waals surface area contributed by atoms with Crippen molar-refractivity contribution in [3.05, 3.63) is 47.5 Å². The molecule has 0 aliphatic carbocycles. The zero-order valence-corrected chi connectivity index (χ0v) is 17.9. The van der Waals surface area contributed by atoms with Crippen molar-refractivity contribution in [3.63, 3.8) is 0 Å². The second kappa shape index (κ2) is 7.24. The molecule has 2 atom stereocenters. The summed E-state index contributed by atoms with van der Waals surface area (Å²) in [7, 11) is -1.16. The number of aromatic nitrogens is 5. The van der Waals surface area contributed by atoms with E-state index < -0.39 is 9.84 Å². The number of nitrogens with zero attached hydrogens (tertiary/aromatic N) is 5. The lowest BCUT2D eigenvalue weighted by atomic mass is 10.0. The van der Waals surface area contributed by atoms with E-state index in [2.05, 4.69) is 20.5 Å². The number of nitrogens with one attached hydrogen (secondary N) is 1. The number of sulfone groups is 1. The number of aryl methyl sites for hydroxylation is 1. The number of hydrogen-bond donors (Lipinski definition) is 1. The molecule has 0 bridgehead atoms. The van der Waals surface area contributed by atoms with E-state index in [-0.39, 0.29) is 29.4 Å². The average molecular weight is 445 g/mol. The molecule has 1 saturated heterocycles. The zero-order valence-electron chi connectivity index (χ0n) is 16.2. The Kier molecular flexibility index (Phi) is 4.66. The van der Waals surface area contributed by atoms with Gasteiger partial charge in [0.25, 0.3) is 5.91 Å². The third kappa shape index (κ3) is 3.63. The molecule has 2 aliphatic heterocycles. The highest BCUT2D eigenvalue weighted by Gasteiger charge is 2.31. The van der Waals surface area contributed by atoms with Gasteiger partial charge in [-0.2, -0.15) is 10.2 Å². The first-order valence-electron chi connectivity index (χ1n) is 9.56. The van der Waals surface area contributed by atoms with Gasteiger partial charge in [-0.15, -0.1) is 11.8 Å². The minimum absolute atomic E-state index is 0.0251. The number of fused-ring (bicyclic) bond motifs is 1. The van der Waals surface area contributed by atoms with Crippen LogP contribution in [0.3, 0.4) is 0 Å². The predicted octanol–water partition coefficient (Wildman–Crippen LogP) is 1.15. The maximum absolute atomic E-state index is 12.6. The SMILES string of the molecule is Cn1cc(-c2cnc3c(C4C=C(C(=O)NC5CCS(=O)(=O)C5)SC4)cnn3c2)cn1. The second-order valence-electron chi connectivity index (χ2n) is 7.64. The maximum Gasteiger partial charge on any atom is 0.257 e. The molecule has 2 aliphatic rings. The monoisotopic (exact) mass is 444 g/mol. The molecular weight excluding hydrogens is 424 g/mol. The summed E-state index contributed by atoms with van der Waals surface area (Å²) in [6.45, 7) is 0. The molecule has 30 heavy (non-hydrogen) atoms. The Labute approximate surface area is 177 Å². The number of carbonyl (C=O) groups excluding carboxylic acids is 1. The Morgan fingerprint density at radius 3 is 2.77 bits per heavy atom. The molecule has 3 aromatic rings. The molecule has 5 rings (SSSR count). The Morgan fingerprint density at radius 2 is 2.03 bits per heavy atom. The van der Waals surface area contributed by atoms with Crippen LogP contribution in [-0.2, 0) is 21.7 Å². The van der Waals surface area contributed by atoms with Gasteiger partial charge in [-0.3, -0.25) is 9.48 Å². The van der Waals surface area contributed by atoms with Gasteiger partial charge in [0, 0.05) is 60.0 Å². The average Bonchev–Trinajstić information content (AvgIpc) is 3.47. The molecule has 156 valence electrons. The number of thioether (sulfide) groups is 1. The predicted molar refractivity (Wildman–Crippen MR) is 114 cm³/mol. The summed E-state index contributed by atoms with van der Waals surface area (Å²) in [4.78, 5) is 17.8. The summed E-state index contributed by atoms with van der Waals surface area (Å²) in [5.41, 5.74) is 3.61. The van der Waals surface area contributed by atoms with Crippen molar-refractivity contribution in [2.75, 3.05) is 17.3 Å². The highest BCUT2D eigenvalue weighted by atomic mass is 32.2. The molecule has 3 aromatic heterocycles. The van der Waals surface area contributed by atoms with Gasteiger partial charge in [-0.25, -0.2) is 17.9 Å². The summed E-state index contributed by atoms with van der Waals surface area (Å²) < 4.78 is 26.7. The molecule has 9 nitrogen and oxygen atoms in total. The topological polar surface area (TPSA) is 111 Å². The fourth-order valence-electron chi connectivity index (χ4n) is 3.82. The number of rotatable bonds is 4. The van der Waals surface area contributed by atoms with E-state index in [1.165, 1.54) is 11.8 Å². The first-order valence-corrected chi connectivity index (χ1v) is 12.4. The van der Waals surface area contributed by atoms with Gasteiger partial charge in [-0.05, 0) is 6.42 Å². The van der Waals surface area contributed by atoms with E-state index >= 15 is 0 Å². The molecule has 1 amide bonds. The third-order valence-electron chi connectivity index (χ3n) is 5.38. The molecule has 2 unspecified atom stereocenters. The van der Waals surface area contributed by atoms with E-state index in [1.54, 1.807) is 27.8 Å². The normalized spacial score (nSPS) is 23.0. The van der Waals surface area contributed by atoms with E-state index in [0.29, 0.717) is 11.3 Å². The van der Waals surface area contributed by atoms with Gasteiger partial charge < -0.3 is 5.32 Å². The lowest BCUT2D eigenvalue weighted by Gasteiger charge is -2.10. The minimum atomic E-state index is -3.02. The summed E-state index contributed by atoms with van der Waals surface area (Å²) in [6, 6.07) is -0.299. The highest BCUT2D eigenvalue weighted by molar-refractivity contribution is 8.04. The summed E-state index contributed by atoms with van der Waals surface area (Å²) in [6.07, 6.45) is 11.6. The van der Waals surface area contributed by atoms with Crippen molar-refractivity contribution >= 4 is 33.2 Å². The molecule has 0 aromatic carbocycles. The van der Waals surface area contributed by atoms with Crippen LogP contribution < -0.4 is 5.32 Å². The Bertz CT molecular complexity index is 1280. The molecule has 1 N–H and O–H groups in total. The Balaban J connectivity index is 1.34. The quantitative estimate of drug-likeness (QED) is 0.642. The standard InChI is InChI=1S/C19H20N6O3S2/c1-24-8-14(6-21-24)13-5-20-18-16(7-22-25(18)9-13)12-4-17(29-10-12)19(26)23-15-2-3-30(27,28)11-15/h4-9,12,15H,2-3,10-11H2,1H3,(H,23,26). The van der Waals surface area contributed by atoms with Gasteiger partial charge in [0.1, 0.15) is 0 Å². The van der Waals surface area contributed by atoms with E-state index in [9.17, 15) is 13.2 Å². The second-order valence-corrected chi connectivity index (χ2v) is 10.9. The fourth-order valence-corrected chi connectivity index (χ4v) is 6.58. The van der Waals surface area contributed by atoms with Crippen LogP contribution in [-0.4, -0.2) is 62.0 Å². The van der Waals surface area contributed by atoms with Crippen molar-refractivity contribution in [2.24, 2.45) is 7.05 Å². The van der Waals surface area contributed by atoms with Gasteiger partial charge >= 0.3 is 0 Å². The van der Waals surface area contributed by atoms with E-state index in [0.717, 1.165) is 28.1 Å². The van der Waals surface area contributed by atoms with Crippen LogP contribution >= 0.6 is 11.8 Å². The lowest BCUT2D eigenvalue weighted by Crippen LogP contribution is -2.35. The van der Waals surface area contributed by atoms with Crippen molar-refractivity contribution < 1.29 is 13.2 Å². The highest BCUT2D eigenvalue weighted by Crippen LogP contribution is 2.37. The van der Waals surface area contributed by atoms with Crippen molar-refractivity contribution in [1.82, 2.24) is 29.7 Å². The smallest absolute Gasteiger partial charge is 0.257 e. The van der Waals surface area contributed by atoms with Gasteiger partial charge in [0.15, 0.2) is 15.5 Å². The van der Waals surface area contributed by atoms with Gasteiger partial charge in [0.05, 0.1) is 28.8 Å². The van der Waals surface area contributed by atoms with E-state index in [4.69, 9.17) is 0 Å². The number of carbonyl (C=O) groups is 1. The maximum atomic E-state index is 12.6. The fraction of sp³-hybridized carbons (Fsp3) is 0.368. The van der Waals surface area contributed by atoms with Crippen molar-refractivity contribution in [1.29, 1.82) is 0 Å². The molecular formula is C19H20N6O3S2. The van der Waals surface area contributed by atoms with E-state index in [1.807, 2.05) is 25.5 Å². The third-order valence-corrected chi connectivity index (χ3v) is 8.31. The zero-order chi connectivity index (χ0) is 20.9. The van der Waals surface area contributed by atoms with Gasteiger partial charge in [0.2, 0.25) is 0 Å². The minimum Gasteiger partial charge on any atom is -0.348 e. The van der Waals surface area contributed by atoms with Crippen LogP contribution in [0.2, 0.25) is 0 Å². The van der Waals surface area contributed by atoms with Crippen LogP contribution in [0.4, 0.5) is 0 Å². The molecule has 5 heterocycles. The van der Waals surface area contributed by atoms with Crippen LogP contribution in [0, 0.1) is 0 Å². The van der Waals surface area contributed by atoms with Crippen LogP contribution in [0.25, 0.3) is 16.8 Å². The summed E-state index contributed by atoms with van der Waals surface area (Å²) in [5.74, 6) is 0.711. The Hall–Kier alpha value is -2.66. The number of hydrogen-bond acceptors (Lipinski definition) is 7. The summed E-state index contributed by atoms with van der Waals surface area (Å²) >= 11 is 1.48. The molecule has 0 radical (unpaired) electrons. The van der Waals surface area contributed by atoms with Crippen LogP contribution in [0.5, 0.6) is 0 Å². The number of allylic oxidation sites excluding steroid dienone is 1. The van der Waals surface area contributed by atoms with Crippen LogP contribution in [0.15, 0.2) is 42.0 Å². The largest absolute Gasteiger partial charge is 0.348 e. The Morgan fingerprint density at radius 1 is 1.20 bits per heavy atom. The molecule has 0 spiro atoms. The van der Waals surface area contributed by atoms with Crippen LogP contribution in [0.1, 0.15) is 17.9 Å².